The van der Waals surface area contributed by atoms with Crippen molar-refractivity contribution in [1.82, 2.24) is 0 Å². The first-order valence-electron chi connectivity index (χ1n) is 4.93. The van der Waals surface area contributed by atoms with Crippen molar-refractivity contribution in [2.75, 3.05) is 0 Å². The Hall–Kier alpha value is -0.703. The van der Waals surface area contributed by atoms with Crippen LogP contribution in [0.15, 0.2) is 24.3 Å². The van der Waals surface area contributed by atoms with E-state index in [1.54, 1.807) is 25.1 Å². The Balaban J connectivity index is 3.03. The summed E-state index contributed by atoms with van der Waals surface area (Å²) in [6.07, 6.45) is 0.549. The minimum Gasteiger partial charge on any atom is -0.264 e. The number of hydrogen-bond donors (Lipinski definition) is 0. The highest BCUT2D eigenvalue weighted by Gasteiger charge is 2.43. The molecular weight excluding hydrogens is 198 g/mol. The molecule has 0 nitrogen and oxygen atoms in total. The zero-order chi connectivity index (χ0) is 10.8. The van der Waals surface area contributed by atoms with Crippen molar-refractivity contribution in [3.63, 3.8) is 0 Å². The molecule has 1 atom stereocenters. The summed E-state index contributed by atoms with van der Waals surface area (Å²) in [6.45, 7) is 5.32. The van der Waals surface area contributed by atoms with Gasteiger partial charge in [-0.15, -0.1) is 0 Å². The Labute approximate surface area is 85.3 Å². The fraction of sp³-hybridized carbons (Fsp3) is 0.455. The van der Waals surface area contributed by atoms with Crippen molar-refractivity contribution in [3.8, 4) is 0 Å². The number of hydrogen-bond acceptors (Lipinski definition) is 0. The maximum atomic E-state index is 13.9. The van der Waals surface area contributed by atoms with Crippen LogP contribution in [-0.4, -0.2) is 8.74 Å². The van der Waals surface area contributed by atoms with Crippen LogP contribution in [0.2, 0.25) is 5.54 Å². The van der Waals surface area contributed by atoms with Crippen LogP contribution in [0, 0.1) is 6.92 Å². The summed E-state index contributed by atoms with van der Waals surface area (Å²) < 4.78 is 27.7. The average Bonchev–Trinajstić information content (AvgIpc) is 2.16. The van der Waals surface area contributed by atoms with Crippen LogP contribution in [0.1, 0.15) is 25.8 Å². The van der Waals surface area contributed by atoms with Crippen LogP contribution in [0.3, 0.4) is 0 Å². The molecule has 0 aliphatic heterocycles. The zero-order valence-corrected chi connectivity index (χ0v) is 9.85. The molecule has 0 heterocycles. The third-order valence-electron chi connectivity index (χ3n) is 2.63. The molecule has 0 radical (unpaired) electrons. The molecule has 0 N–H and O–H groups in total. The molecule has 14 heavy (non-hydrogen) atoms. The third-order valence-corrected chi connectivity index (χ3v) is 5.36. The number of aryl methyl sites for hydroxylation is 1. The fourth-order valence-corrected chi connectivity index (χ4v) is 3.21. The van der Waals surface area contributed by atoms with Gasteiger partial charge in [-0.1, -0.05) is 50.1 Å². The standard InChI is InChI=1S/C11H16F2Si/c1-4-10(3)14(12,13)11-7-5-6-9(2)8-11/h5-8,10H,4H2,1-3H3. The predicted molar refractivity (Wildman–Crippen MR) is 58.5 cm³/mol. The summed E-state index contributed by atoms with van der Waals surface area (Å²) in [5, 5.41) is 0.270. The molecule has 1 aromatic carbocycles. The number of halogens is 2. The monoisotopic (exact) mass is 214 g/mol. The lowest BCUT2D eigenvalue weighted by atomic mass is 10.2. The van der Waals surface area contributed by atoms with Gasteiger partial charge in [0.15, 0.2) is 0 Å². The predicted octanol–water partition coefficient (Wildman–Crippen LogP) is 3.38. The molecule has 0 aromatic heterocycles. The van der Waals surface area contributed by atoms with E-state index in [1.807, 2.05) is 19.9 Å². The Kier molecular flexibility index (Phi) is 3.42. The fourth-order valence-electron chi connectivity index (χ4n) is 1.39. The van der Waals surface area contributed by atoms with Crippen molar-refractivity contribution in [1.29, 1.82) is 0 Å². The second-order valence-electron chi connectivity index (χ2n) is 3.80. The van der Waals surface area contributed by atoms with Gasteiger partial charge in [-0.3, -0.25) is 8.22 Å². The SMILES string of the molecule is CCC(C)[Si](F)(F)c1cccc(C)c1. The van der Waals surface area contributed by atoms with E-state index in [2.05, 4.69) is 0 Å². The minimum absolute atomic E-state index is 0.270. The van der Waals surface area contributed by atoms with E-state index < -0.39 is 14.3 Å². The minimum atomic E-state index is -4.21. The van der Waals surface area contributed by atoms with Crippen LogP contribution >= 0.6 is 0 Å². The maximum absolute atomic E-state index is 13.9. The van der Waals surface area contributed by atoms with Gasteiger partial charge in [0, 0.05) is 10.7 Å². The van der Waals surface area contributed by atoms with E-state index in [9.17, 15) is 8.22 Å². The molecule has 3 heteroatoms. The summed E-state index contributed by atoms with van der Waals surface area (Å²) in [6, 6.07) is 6.75. The maximum Gasteiger partial charge on any atom is 0.458 e. The van der Waals surface area contributed by atoms with Crippen LogP contribution in [0.4, 0.5) is 8.22 Å². The molecule has 0 aliphatic carbocycles. The molecule has 0 aliphatic rings. The van der Waals surface area contributed by atoms with E-state index in [-0.39, 0.29) is 5.19 Å². The van der Waals surface area contributed by atoms with Gasteiger partial charge in [0.2, 0.25) is 0 Å². The van der Waals surface area contributed by atoms with Crippen LogP contribution < -0.4 is 5.19 Å². The van der Waals surface area contributed by atoms with Gasteiger partial charge in [-0.2, -0.15) is 0 Å². The van der Waals surface area contributed by atoms with Gasteiger partial charge >= 0.3 is 8.74 Å². The zero-order valence-electron chi connectivity index (χ0n) is 8.85. The first kappa shape index (κ1) is 11.4. The van der Waals surface area contributed by atoms with Crippen LogP contribution in [0.5, 0.6) is 0 Å². The summed E-state index contributed by atoms with van der Waals surface area (Å²) >= 11 is 0. The highest BCUT2D eigenvalue weighted by molar-refractivity contribution is 6.81. The van der Waals surface area contributed by atoms with E-state index in [0.29, 0.717) is 6.42 Å². The van der Waals surface area contributed by atoms with E-state index in [0.717, 1.165) is 5.56 Å². The lowest BCUT2D eigenvalue weighted by molar-refractivity contribution is 0.573. The van der Waals surface area contributed by atoms with Crippen LogP contribution in [-0.2, 0) is 0 Å². The van der Waals surface area contributed by atoms with Crippen molar-refractivity contribution < 1.29 is 8.22 Å². The topological polar surface area (TPSA) is 0 Å². The lowest BCUT2D eigenvalue weighted by Gasteiger charge is -2.19. The molecule has 1 rings (SSSR count). The first-order valence-corrected chi connectivity index (χ1v) is 6.76. The van der Waals surface area contributed by atoms with E-state index in [1.165, 1.54) is 0 Å². The molecule has 0 saturated heterocycles. The highest BCUT2D eigenvalue weighted by Crippen LogP contribution is 2.27. The smallest absolute Gasteiger partial charge is 0.264 e. The second kappa shape index (κ2) is 4.21. The van der Waals surface area contributed by atoms with Gasteiger partial charge in [0.05, 0.1) is 0 Å². The molecule has 1 unspecified atom stereocenters. The molecular formula is C11H16F2Si. The molecule has 0 amide bonds. The Morgan fingerprint density at radius 2 is 2.00 bits per heavy atom. The Bertz CT molecular complexity index is 310. The Morgan fingerprint density at radius 1 is 1.36 bits per heavy atom. The van der Waals surface area contributed by atoms with Gasteiger partial charge in [-0.25, -0.2) is 0 Å². The average molecular weight is 214 g/mol. The van der Waals surface area contributed by atoms with E-state index >= 15 is 0 Å². The van der Waals surface area contributed by atoms with Crippen molar-refractivity contribution in [2.24, 2.45) is 0 Å². The molecule has 1 aromatic rings. The van der Waals surface area contributed by atoms with Gasteiger partial charge < -0.3 is 0 Å². The van der Waals surface area contributed by atoms with Gasteiger partial charge in [0.1, 0.15) is 0 Å². The Morgan fingerprint density at radius 3 is 2.50 bits per heavy atom. The molecule has 78 valence electrons. The number of benzene rings is 1. The normalized spacial score (nSPS) is 14.1. The summed E-state index contributed by atoms with van der Waals surface area (Å²) in [5.74, 6) is 0. The van der Waals surface area contributed by atoms with Gasteiger partial charge in [0.25, 0.3) is 0 Å². The van der Waals surface area contributed by atoms with Crippen molar-refractivity contribution >= 4 is 13.9 Å². The van der Waals surface area contributed by atoms with Crippen molar-refractivity contribution in [3.05, 3.63) is 29.8 Å². The first-order chi connectivity index (χ1) is 6.48. The van der Waals surface area contributed by atoms with Gasteiger partial charge in [-0.05, 0) is 6.92 Å². The van der Waals surface area contributed by atoms with E-state index in [4.69, 9.17) is 0 Å². The molecule has 0 fully saturated rings. The molecule has 0 saturated carbocycles. The number of rotatable bonds is 3. The summed E-state index contributed by atoms with van der Waals surface area (Å²) in [5.41, 5.74) is 0.447. The largest absolute Gasteiger partial charge is 0.458 e. The molecule has 0 spiro atoms. The highest BCUT2D eigenvalue weighted by atomic mass is 28.4. The third kappa shape index (κ3) is 2.21. The van der Waals surface area contributed by atoms with Crippen LogP contribution in [0.25, 0.3) is 0 Å². The molecule has 0 bridgehead atoms. The van der Waals surface area contributed by atoms with Crippen molar-refractivity contribution in [2.45, 2.75) is 32.7 Å². The lowest BCUT2D eigenvalue weighted by Crippen LogP contribution is -2.42. The second-order valence-corrected chi connectivity index (χ2v) is 6.61. The quantitative estimate of drug-likeness (QED) is 0.534. The summed E-state index contributed by atoms with van der Waals surface area (Å²) in [7, 11) is -4.21. The summed E-state index contributed by atoms with van der Waals surface area (Å²) in [4.78, 5) is 0.